The first kappa shape index (κ1) is 13.5. The molecule has 0 bridgehead atoms. The molecule has 0 saturated carbocycles. The minimum Gasteiger partial charge on any atom is -0.390 e. The van der Waals surface area contributed by atoms with Crippen LogP contribution < -0.4 is 5.32 Å². The lowest BCUT2D eigenvalue weighted by molar-refractivity contribution is 0.148. The molecule has 0 aromatic heterocycles. The van der Waals surface area contributed by atoms with Crippen LogP contribution in [0.1, 0.15) is 5.56 Å². The Kier molecular flexibility index (Phi) is 5.25. The van der Waals surface area contributed by atoms with Crippen molar-refractivity contribution in [2.75, 3.05) is 32.5 Å². The van der Waals surface area contributed by atoms with Gasteiger partial charge in [-0.25, -0.2) is 0 Å². The number of likely N-dealkylation sites (N-methyl/N-ethyl adjacent to an activating group) is 1. The van der Waals surface area contributed by atoms with Crippen molar-refractivity contribution in [1.29, 1.82) is 0 Å². The molecular formula is C12H19BrN2O. The molecule has 2 N–H and O–H groups in total. The second kappa shape index (κ2) is 6.23. The van der Waals surface area contributed by atoms with Crippen molar-refractivity contribution in [3.05, 3.63) is 28.2 Å². The third kappa shape index (κ3) is 4.51. The van der Waals surface area contributed by atoms with Crippen LogP contribution in [-0.4, -0.2) is 43.3 Å². The highest BCUT2D eigenvalue weighted by molar-refractivity contribution is 9.10. The number of anilines is 1. The van der Waals surface area contributed by atoms with Gasteiger partial charge in [0, 0.05) is 23.2 Å². The van der Waals surface area contributed by atoms with Crippen LogP contribution in [0, 0.1) is 6.92 Å². The maximum Gasteiger partial charge on any atom is 0.0838 e. The van der Waals surface area contributed by atoms with Crippen LogP contribution in [0.2, 0.25) is 0 Å². The Bertz CT molecular complexity index is 342. The van der Waals surface area contributed by atoms with Gasteiger partial charge in [0.1, 0.15) is 0 Å². The normalized spacial score (nSPS) is 12.9. The fraction of sp³-hybridized carbons (Fsp3) is 0.500. The molecular weight excluding hydrogens is 268 g/mol. The van der Waals surface area contributed by atoms with Gasteiger partial charge >= 0.3 is 0 Å². The van der Waals surface area contributed by atoms with E-state index in [0.717, 1.165) is 10.2 Å². The van der Waals surface area contributed by atoms with Crippen LogP contribution in [0.5, 0.6) is 0 Å². The van der Waals surface area contributed by atoms with Crippen LogP contribution in [0.3, 0.4) is 0 Å². The van der Waals surface area contributed by atoms with Gasteiger partial charge in [-0.2, -0.15) is 0 Å². The van der Waals surface area contributed by atoms with E-state index in [4.69, 9.17) is 0 Å². The standard InChI is InChI=1S/C12H19BrN2O/c1-9-4-5-12(11(13)6-9)14-7-10(16)8-15(2)3/h4-6,10,14,16H,7-8H2,1-3H3. The van der Waals surface area contributed by atoms with Gasteiger partial charge in [-0.05, 0) is 54.6 Å². The lowest BCUT2D eigenvalue weighted by Crippen LogP contribution is -2.31. The van der Waals surface area contributed by atoms with E-state index in [2.05, 4.69) is 34.2 Å². The Morgan fingerprint density at radius 3 is 2.69 bits per heavy atom. The summed E-state index contributed by atoms with van der Waals surface area (Å²) in [6.45, 7) is 3.27. The van der Waals surface area contributed by atoms with E-state index in [9.17, 15) is 5.11 Å². The lowest BCUT2D eigenvalue weighted by Gasteiger charge is -2.17. The van der Waals surface area contributed by atoms with Gasteiger partial charge in [0.05, 0.1) is 6.10 Å². The minimum atomic E-state index is -0.358. The first-order chi connectivity index (χ1) is 7.49. The third-order valence-corrected chi connectivity index (χ3v) is 2.88. The summed E-state index contributed by atoms with van der Waals surface area (Å²) in [5.41, 5.74) is 2.23. The maximum atomic E-state index is 9.71. The maximum absolute atomic E-state index is 9.71. The molecule has 1 aromatic carbocycles. The van der Waals surface area contributed by atoms with Crippen LogP contribution in [0.15, 0.2) is 22.7 Å². The molecule has 0 aliphatic rings. The van der Waals surface area contributed by atoms with Gasteiger partial charge in [-0.15, -0.1) is 0 Å². The smallest absolute Gasteiger partial charge is 0.0838 e. The number of benzene rings is 1. The molecule has 1 aromatic rings. The van der Waals surface area contributed by atoms with E-state index in [-0.39, 0.29) is 6.10 Å². The van der Waals surface area contributed by atoms with E-state index in [1.54, 1.807) is 0 Å². The summed E-state index contributed by atoms with van der Waals surface area (Å²) >= 11 is 3.49. The zero-order valence-electron chi connectivity index (χ0n) is 10.00. The molecule has 3 nitrogen and oxygen atoms in total. The van der Waals surface area contributed by atoms with Gasteiger partial charge in [0.25, 0.3) is 0 Å². The Morgan fingerprint density at radius 2 is 2.12 bits per heavy atom. The van der Waals surface area contributed by atoms with Crippen molar-refractivity contribution < 1.29 is 5.11 Å². The number of aliphatic hydroxyl groups is 1. The number of nitrogens with zero attached hydrogens (tertiary/aromatic N) is 1. The van der Waals surface area contributed by atoms with E-state index in [1.165, 1.54) is 5.56 Å². The summed E-state index contributed by atoms with van der Waals surface area (Å²) in [4.78, 5) is 1.97. The highest BCUT2D eigenvalue weighted by atomic mass is 79.9. The largest absolute Gasteiger partial charge is 0.390 e. The fourth-order valence-corrected chi connectivity index (χ4v) is 2.11. The van der Waals surface area contributed by atoms with Gasteiger partial charge in [0.15, 0.2) is 0 Å². The van der Waals surface area contributed by atoms with Gasteiger partial charge in [-0.1, -0.05) is 6.07 Å². The molecule has 0 saturated heterocycles. The number of nitrogens with one attached hydrogen (secondary N) is 1. The molecule has 0 fully saturated rings. The number of rotatable bonds is 5. The predicted molar refractivity (Wildman–Crippen MR) is 71.9 cm³/mol. The number of hydrogen-bond acceptors (Lipinski definition) is 3. The lowest BCUT2D eigenvalue weighted by atomic mass is 10.2. The highest BCUT2D eigenvalue weighted by Crippen LogP contribution is 2.23. The number of aliphatic hydroxyl groups excluding tert-OH is 1. The first-order valence-corrected chi connectivity index (χ1v) is 6.11. The molecule has 0 amide bonds. The summed E-state index contributed by atoms with van der Waals surface area (Å²) in [5, 5.41) is 12.9. The van der Waals surface area contributed by atoms with Crippen molar-refractivity contribution in [2.45, 2.75) is 13.0 Å². The number of hydrogen-bond donors (Lipinski definition) is 2. The summed E-state index contributed by atoms with van der Waals surface area (Å²) in [7, 11) is 3.90. The average molecular weight is 287 g/mol. The fourth-order valence-electron chi connectivity index (χ4n) is 1.48. The summed E-state index contributed by atoms with van der Waals surface area (Å²) in [5.74, 6) is 0. The Morgan fingerprint density at radius 1 is 1.44 bits per heavy atom. The third-order valence-electron chi connectivity index (χ3n) is 2.23. The SMILES string of the molecule is Cc1ccc(NCC(O)CN(C)C)c(Br)c1. The second-order valence-electron chi connectivity index (χ2n) is 4.28. The Labute approximate surface area is 106 Å². The summed E-state index contributed by atoms with van der Waals surface area (Å²) in [6, 6.07) is 6.12. The van der Waals surface area contributed by atoms with Crippen LogP contribution >= 0.6 is 15.9 Å². The Balaban J connectivity index is 2.48. The molecule has 0 radical (unpaired) electrons. The van der Waals surface area contributed by atoms with E-state index < -0.39 is 0 Å². The van der Waals surface area contributed by atoms with Gasteiger partial charge in [0.2, 0.25) is 0 Å². The van der Waals surface area contributed by atoms with Crippen molar-refractivity contribution in [3.63, 3.8) is 0 Å². The second-order valence-corrected chi connectivity index (χ2v) is 5.13. The first-order valence-electron chi connectivity index (χ1n) is 5.32. The molecule has 4 heteroatoms. The van der Waals surface area contributed by atoms with Crippen LogP contribution in [-0.2, 0) is 0 Å². The molecule has 0 spiro atoms. The zero-order chi connectivity index (χ0) is 12.1. The number of aryl methyl sites for hydroxylation is 1. The molecule has 16 heavy (non-hydrogen) atoms. The number of halogens is 1. The van der Waals surface area contributed by atoms with Crippen molar-refractivity contribution in [1.82, 2.24) is 4.90 Å². The van der Waals surface area contributed by atoms with Gasteiger partial charge in [-0.3, -0.25) is 0 Å². The monoisotopic (exact) mass is 286 g/mol. The highest BCUT2D eigenvalue weighted by Gasteiger charge is 2.06. The Hall–Kier alpha value is -0.580. The summed E-state index contributed by atoms with van der Waals surface area (Å²) in [6.07, 6.45) is -0.358. The molecule has 0 aliphatic carbocycles. The van der Waals surface area contributed by atoms with Crippen LogP contribution in [0.25, 0.3) is 0 Å². The van der Waals surface area contributed by atoms with Crippen molar-refractivity contribution in [3.8, 4) is 0 Å². The molecule has 1 atom stereocenters. The molecule has 1 unspecified atom stereocenters. The van der Waals surface area contributed by atoms with E-state index in [1.807, 2.05) is 31.1 Å². The quantitative estimate of drug-likeness (QED) is 0.870. The zero-order valence-corrected chi connectivity index (χ0v) is 11.6. The van der Waals surface area contributed by atoms with E-state index >= 15 is 0 Å². The molecule has 0 heterocycles. The summed E-state index contributed by atoms with van der Waals surface area (Å²) < 4.78 is 1.03. The topological polar surface area (TPSA) is 35.5 Å². The average Bonchev–Trinajstić information content (AvgIpc) is 2.15. The molecule has 90 valence electrons. The molecule has 0 aliphatic heterocycles. The van der Waals surface area contributed by atoms with Gasteiger partial charge < -0.3 is 15.3 Å². The van der Waals surface area contributed by atoms with Crippen LogP contribution in [0.4, 0.5) is 5.69 Å². The predicted octanol–water partition coefficient (Wildman–Crippen LogP) is 2.09. The van der Waals surface area contributed by atoms with Crippen molar-refractivity contribution in [2.24, 2.45) is 0 Å². The van der Waals surface area contributed by atoms with E-state index in [0.29, 0.717) is 13.1 Å². The minimum absolute atomic E-state index is 0.358. The van der Waals surface area contributed by atoms with Crippen molar-refractivity contribution >= 4 is 21.6 Å². The molecule has 1 rings (SSSR count).